The van der Waals surface area contributed by atoms with Crippen molar-refractivity contribution >= 4 is 11.9 Å². The lowest BCUT2D eigenvalue weighted by atomic mass is 10.2. The Balaban J connectivity index is 3.73. The molecule has 0 amide bonds. The minimum absolute atomic E-state index is 0.0896. The second-order valence-electron chi connectivity index (χ2n) is 5.13. The zero-order valence-electron chi connectivity index (χ0n) is 11.5. The summed E-state index contributed by atoms with van der Waals surface area (Å²) >= 11 is 0. The van der Waals surface area contributed by atoms with E-state index in [1.165, 1.54) is 0 Å². The van der Waals surface area contributed by atoms with E-state index in [1.807, 2.05) is 14.1 Å². The number of ether oxygens (including phenoxy) is 1. The molecule has 5 heteroatoms. The third kappa shape index (κ3) is 8.75. The number of carboxylic acid groups (broad SMARTS) is 1. The van der Waals surface area contributed by atoms with Crippen molar-refractivity contribution in [2.45, 2.75) is 26.2 Å². The maximum Gasteiger partial charge on any atom is 0.333 e. The molecule has 5 nitrogen and oxygen atoms in total. The molecule has 104 valence electrons. The largest absolute Gasteiger partial charge is 0.550 e. The lowest BCUT2D eigenvalue weighted by molar-refractivity contribution is -0.890. The number of rotatable bonds is 9. The van der Waals surface area contributed by atoms with Gasteiger partial charge in [0.05, 0.1) is 33.8 Å². The first-order valence-corrected chi connectivity index (χ1v) is 6.09. The highest BCUT2D eigenvalue weighted by atomic mass is 16.5. The highest BCUT2D eigenvalue weighted by Crippen LogP contribution is 2.04. The number of carbonyl (C=O) groups is 2. The summed E-state index contributed by atoms with van der Waals surface area (Å²) in [6.07, 6.45) is 1.44. The predicted octanol–water partition coefficient (Wildman–Crippen LogP) is 0.102. The average molecular weight is 257 g/mol. The van der Waals surface area contributed by atoms with Gasteiger partial charge in [-0.1, -0.05) is 6.58 Å². The number of quaternary nitrogens is 1. The van der Waals surface area contributed by atoms with Gasteiger partial charge in [0.15, 0.2) is 0 Å². The van der Waals surface area contributed by atoms with Gasteiger partial charge in [-0.05, 0) is 13.3 Å². The van der Waals surface area contributed by atoms with Crippen molar-refractivity contribution in [1.29, 1.82) is 0 Å². The molecular formula is C13H23NO4. The molecule has 0 saturated heterocycles. The summed E-state index contributed by atoms with van der Waals surface area (Å²) < 4.78 is 5.70. The Labute approximate surface area is 109 Å². The third-order valence-corrected chi connectivity index (χ3v) is 2.63. The zero-order valence-corrected chi connectivity index (χ0v) is 11.5. The normalized spacial score (nSPS) is 11.1. The maximum absolute atomic E-state index is 11.1. The van der Waals surface area contributed by atoms with E-state index in [0.717, 1.165) is 19.5 Å². The summed E-state index contributed by atoms with van der Waals surface area (Å²) in [5, 5.41) is 10.3. The van der Waals surface area contributed by atoms with Crippen LogP contribution in [-0.4, -0.2) is 50.2 Å². The standard InChI is InChI=1S/C13H23NO4/c1-11(2)13(17)18-10-6-9-14(3,4)8-5-7-12(15)16/h1,5-10H2,2-4H3. The highest BCUT2D eigenvalue weighted by Gasteiger charge is 2.14. The second-order valence-corrected chi connectivity index (χ2v) is 5.13. The van der Waals surface area contributed by atoms with Crippen molar-refractivity contribution in [3.63, 3.8) is 0 Å². The van der Waals surface area contributed by atoms with Crippen LogP contribution in [0.5, 0.6) is 0 Å². The molecule has 0 aliphatic carbocycles. The van der Waals surface area contributed by atoms with Gasteiger partial charge in [-0.3, -0.25) is 0 Å². The van der Waals surface area contributed by atoms with Gasteiger partial charge in [-0.15, -0.1) is 0 Å². The van der Waals surface area contributed by atoms with Crippen LogP contribution in [-0.2, 0) is 14.3 Å². The van der Waals surface area contributed by atoms with E-state index in [1.54, 1.807) is 6.92 Å². The van der Waals surface area contributed by atoms with Crippen LogP contribution in [0.15, 0.2) is 12.2 Å². The Hall–Kier alpha value is -1.36. The fraction of sp³-hybridized carbons (Fsp3) is 0.692. The van der Waals surface area contributed by atoms with E-state index in [2.05, 4.69) is 6.58 Å². The quantitative estimate of drug-likeness (QED) is 0.254. The van der Waals surface area contributed by atoms with E-state index < -0.39 is 5.97 Å². The van der Waals surface area contributed by atoms with Gasteiger partial charge in [-0.25, -0.2) is 4.79 Å². The van der Waals surface area contributed by atoms with Gasteiger partial charge < -0.3 is 19.1 Å². The zero-order chi connectivity index (χ0) is 14.2. The molecule has 0 saturated carbocycles. The van der Waals surface area contributed by atoms with Crippen LogP contribution >= 0.6 is 0 Å². The van der Waals surface area contributed by atoms with Crippen LogP contribution in [0.3, 0.4) is 0 Å². The van der Waals surface area contributed by atoms with Gasteiger partial charge in [0, 0.05) is 24.4 Å². The second kappa shape index (κ2) is 7.87. The number of hydrogen-bond donors (Lipinski definition) is 0. The number of aliphatic carboxylic acids is 1. The summed E-state index contributed by atoms with van der Waals surface area (Å²) in [7, 11) is 4.05. The molecule has 0 fully saturated rings. The third-order valence-electron chi connectivity index (χ3n) is 2.63. The predicted molar refractivity (Wildman–Crippen MR) is 66.5 cm³/mol. The molecule has 0 N–H and O–H groups in total. The van der Waals surface area contributed by atoms with E-state index in [0.29, 0.717) is 23.1 Å². The van der Waals surface area contributed by atoms with Gasteiger partial charge in [0.25, 0.3) is 0 Å². The molecule has 0 aromatic rings. The average Bonchev–Trinajstić information content (AvgIpc) is 2.23. The summed E-state index contributed by atoms with van der Waals surface area (Å²) in [5.74, 6) is -1.37. The molecule has 0 aromatic heterocycles. The Morgan fingerprint density at radius 1 is 1.22 bits per heavy atom. The molecule has 0 radical (unpaired) electrons. The fourth-order valence-corrected chi connectivity index (χ4v) is 1.54. The van der Waals surface area contributed by atoms with E-state index in [9.17, 15) is 14.7 Å². The summed E-state index contributed by atoms with van der Waals surface area (Å²) in [6, 6.07) is 0. The van der Waals surface area contributed by atoms with Gasteiger partial charge in [0.2, 0.25) is 0 Å². The molecule has 0 spiro atoms. The Bertz CT molecular complexity index is 310. The molecule has 0 rings (SSSR count). The minimum Gasteiger partial charge on any atom is -0.550 e. The monoisotopic (exact) mass is 257 g/mol. The van der Waals surface area contributed by atoms with Crippen molar-refractivity contribution in [2.24, 2.45) is 0 Å². The SMILES string of the molecule is C=C(C)C(=O)OCCC[N+](C)(C)CCCC(=O)[O-]. The summed E-state index contributed by atoms with van der Waals surface area (Å²) in [5.41, 5.74) is 0.401. The van der Waals surface area contributed by atoms with Crippen LogP contribution < -0.4 is 5.11 Å². The Morgan fingerprint density at radius 3 is 2.28 bits per heavy atom. The number of esters is 1. The minimum atomic E-state index is -1.01. The molecule has 0 aromatic carbocycles. The van der Waals surface area contributed by atoms with Crippen LogP contribution in [0.4, 0.5) is 0 Å². The molecule has 18 heavy (non-hydrogen) atoms. The molecule has 0 aliphatic rings. The first-order chi connectivity index (χ1) is 8.24. The van der Waals surface area contributed by atoms with Crippen molar-refractivity contribution in [1.82, 2.24) is 0 Å². The molecular weight excluding hydrogens is 234 g/mol. The Morgan fingerprint density at radius 2 is 1.78 bits per heavy atom. The Kier molecular flexibility index (Phi) is 7.27. The summed E-state index contributed by atoms with van der Waals surface area (Å²) in [4.78, 5) is 21.4. The molecule has 0 atom stereocenters. The molecule has 0 bridgehead atoms. The maximum atomic E-state index is 11.1. The van der Waals surface area contributed by atoms with Crippen molar-refractivity contribution < 1.29 is 23.9 Å². The number of carboxylic acids is 1. The van der Waals surface area contributed by atoms with Crippen molar-refractivity contribution in [3.8, 4) is 0 Å². The number of nitrogens with zero attached hydrogens (tertiary/aromatic N) is 1. The first-order valence-electron chi connectivity index (χ1n) is 6.09. The first kappa shape index (κ1) is 16.6. The molecule has 0 heterocycles. The van der Waals surface area contributed by atoms with Crippen LogP contribution in [0.25, 0.3) is 0 Å². The van der Waals surface area contributed by atoms with Gasteiger partial charge in [0.1, 0.15) is 0 Å². The smallest absolute Gasteiger partial charge is 0.333 e. The van der Waals surface area contributed by atoms with Gasteiger partial charge in [-0.2, -0.15) is 0 Å². The van der Waals surface area contributed by atoms with Crippen LogP contribution in [0, 0.1) is 0 Å². The molecule has 0 aliphatic heterocycles. The van der Waals surface area contributed by atoms with E-state index in [4.69, 9.17) is 4.74 Å². The fourth-order valence-electron chi connectivity index (χ4n) is 1.54. The van der Waals surface area contributed by atoms with E-state index >= 15 is 0 Å². The van der Waals surface area contributed by atoms with Crippen LogP contribution in [0.2, 0.25) is 0 Å². The van der Waals surface area contributed by atoms with E-state index in [-0.39, 0.29) is 12.4 Å². The summed E-state index contributed by atoms with van der Waals surface area (Å²) in [6.45, 7) is 7.08. The van der Waals surface area contributed by atoms with Gasteiger partial charge >= 0.3 is 5.97 Å². The molecule has 0 unspecified atom stereocenters. The van der Waals surface area contributed by atoms with Crippen molar-refractivity contribution in [2.75, 3.05) is 33.8 Å². The van der Waals surface area contributed by atoms with Crippen molar-refractivity contribution in [3.05, 3.63) is 12.2 Å². The number of hydrogen-bond acceptors (Lipinski definition) is 4. The highest BCUT2D eigenvalue weighted by molar-refractivity contribution is 5.86. The lowest BCUT2D eigenvalue weighted by Crippen LogP contribution is -2.42. The lowest BCUT2D eigenvalue weighted by Gasteiger charge is -2.29. The van der Waals surface area contributed by atoms with Crippen LogP contribution in [0.1, 0.15) is 26.2 Å². The topological polar surface area (TPSA) is 66.4 Å². The number of carbonyl (C=O) groups excluding carboxylic acids is 2.